The minimum atomic E-state index is -0.273. The number of benzene rings is 2. The van der Waals surface area contributed by atoms with E-state index in [1.165, 1.54) is 12.1 Å². The van der Waals surface area contributed by atoms with Crippen molar-refractivity contribution in [3.63, 3.8) is 0 Å². The minimum Gasteiger partial charge on any atom is -0.504 e. The molecular weight excluding hydrogens is 292 g/mol. The Labute approximate surface area is 135 Å². The summed E-state index contributed by atoms with van der Waals surface area (Å²) in [6.45, 7) is 2.26. The van der Waals surface area contributed by atoms with Gasteiger partial charge >= 0.3 is 0 Å². The van der Waals surface area contributed by atoms with E-state index >= 15 is 0 Å². The molecule has 0 saturated heterocycles. The molecule has 23 heavy (non-hydrogen) atoms. The van der Waals surface area contributed by atoms with Crippen LogP contribution in [0.1, 0.15) is 29.3 Å². The van der Waals surface area contributed by atoms with Gasteiger partial charge in [0, 0.05) is 5.56 Å². The zero-order valence-corrected chi connectivity index (χ0v) is 12.9. The lowest BCUT2D eigenvalue weighted by Gasteiger charge is -2.06. The fourth-order valence-corrected chi connectivity index (χ4v) is 2.04. The Morgan fingerprint density at radius 3 is 2.57 bits per heavy atom. The minimum absolute atomic E-state index is 0.0505. The summed E-state index contributed by atoms with van der Waals surface area (Å²) >= 11 is 0. The summed E-state index contributed by atoms with van der Waals surface area (Å²) in [5.41, 5.74) is 1.24. The molecule has 0 amide bonds. The van der Waals surface area contributed by atoms with Crippen LogP contribution in [-0.2, 0) is 4.79 Å². The van der Waals surface area contributed by atoms with Gasteiger partial charge in [-0.1, -0.05) is 42.5 Å². The molecule has 0 fully saturated rings. The van der Waals surface area contributed by atoms with Gasteiger partial charge in [0.25, 0.3) is 0 Å². The smallest absolute Gasteiger partial charge is 0.170 e. The van der Waals surface area contributed by atoms with E-state index in [-0.39, 0.29) is 23.7 Å². The predicted molar refractivity (Wildman–Crippen MR) is 88.7 cm³/mol. The number of Topliss-reactive ketones (excluding diaryl/α,β-unsaturated/α-hetero) is 1. The molecule has 0 atom stereocenters. The van der Waals surface area contributed by atoms with Crippen LogP contribution in [0.3, 0.4) is 0 Å². The first-order valence-electron chi connectivity index (χ1n) is 7.35. The van der Waals surface area contributed by atoms with E-state index in [0.717, 1.165) is 0 Å². The molecule has 0 radical (unpaired) electrons. The molecule has 0 unspecified atom stereocenters. The third kappa shape index (κ3) is 4.81. The Balaban J connectivity index is 2.01. The third-order valence-electron chi connectivity index (χ3n) is 3.18. The second-order valence-corrected chi connectivity index (χ2v) is 4.93. The topological polar surface area (TPSA) is 63.6 Å². The van der Waals surface area contributed by atoms with Gasteiger partial charge in [-0.25, -0.2) is 0 Å². The second kappa shape index (κ2) is 7.94. The predicted octanol–water partition coefficient (Wildman–Crippen LogP) is 3.65. The van der Waals surface area contributed by atoms with Crippen molar-refractivity contribution in [2.45, 2.75) is 13.3 Å². The Hall–Kier alpha value is -2.88. The summed E-state index contributed by atoms with van der Waals surface area (Å²) in [6.07, 6.45) is 2.79. The van der Waals surface area contributed by atoms with Gasteiger partial charge in [0.15, 0.2) is 23.1 Å². The number of carbonyl (C=O) groups excluding carboxylic acids is 2. The molecule has 1 N–H and O–H groups in total. The van der Waals surface area contributed by atoms with Gasteiger partial charge in [-0.2, -0.15) is 0 Å². The summed E-state index contributed by atoms with van der Waals surface area (Å²) in [5, 5.41) is 9.63. The van der Waals surface area contributed by atoms with E-state index in [2.05, 4.69) is 0 Å². The zero-order chi connectivity index (χ0) is 16.7. The van der Waals surface area contributed by atoms with Crippen LogP contribution < -0.4 is 4.74 Å². The first-order valence-corrected chi connectivity index (χ1v) is 7.35. The van der Waals surface area contributed by atoms with Crippen molar-refractivity contribution in [2.75, 3.05) is 6.61 Å². The maximum Gasteiger partial charge on any atom is 0.170 e. The Morgan fingerprint density at radius 2 is 1.87 bits per heavy atom. The third-order valence-corrected chi connectivity index (χ3v) is 3.18. The molecule has 0 saturated carbocycles. The fraction of sp³-hybridized carbons (Fsp3) is 0.158. The SMILES string of the molecule is CCOc1cc(/C=C/C(=O)CC(=O)c2ccccc2)ccc1O. The molecule has 0 spiro atoms. The lowest BCUT2D eigenvalue weighted by molar-refractivity contribution is -0.113. The number of phenolic OH excluding ortho intramolecular Hbond substituents is 1. The van der Waals surface area contributed by atoms with Crippen molar-refractivity contribution in [3.8, 4) is 11.5 Å². The molecule has 0 aliphatic heterocycles. The van der Waals surface area contributed by atoms with Crippen molar-refractivity contribution in [1.29, 1.82) is 0 Å². The van der Waals surface area contributed by atoms with Crippen molar-refractivity contribution < 1.29 is 19.4 Å². The number of rotatable bonds is 7. The summed E-state index contributed by atoms with van der Waals surface area (Å²) in [5.74, 6) is -0.0668. The van der Waals surface area contributed by atoms with Gasteiger partial charge in [0.1, 0.15) is 0 Å². The molecule has 0 aliphatic carbocycles. The zero-order valence-electron chi connectivity index (χ0n) is 12.9. The van der Waals surface area contributed by atoms with Crippen LogP contribution in [0.25, 0.3) is 6.08 Å². The Morgan fingerprint density at radius 1 is 1.13 bits per heavy atom. The molecule has 4 heteroatoms. The molecule has 0 aliphatic rings. The van der Waals surface area contributed by atoms with Crippen molar-refractivity contribution in [1.82, 2.24) is 0 Å². The van der Waals surface area contributed by atoms with Gasteiger partial charge in [-0.15, -0.1) is 0 Å². The summed E-state index contributed by atoms with van der Waals surface area (Å²) < 4.78 is 5.28. The first-order chi connectivity index (χ1) is 11.1. The number of aromatic hydroxyl groups is 1. The summed E-state index contributed by atoms with van der Waals surface area (Å²) in [4.78, 5) is 23.8. The first kappa shape index (κ1) is 16.5. The number of hydrogen-bond donors (Lipinski definition) is 1. The van der Waals surface area contributed by atoms with E-state index in [9.17, 15) is 14.7 Å². The van der Waals surface area contributed by atoms with Crippen molar-refractivity contribution in [3.05, 3.63) is 65.7 Å². The fourth-order valence-electron chi connectivity index (χ4n) is 2.04. The number of carbonyl (C=O) groups is 2. The molecule has 4 nitrogen and oxygen atoms in total. The molecule has 2 aromatic carbocycles. The number of ether oxygens (including phenoxy) is 1. The highest BCUT2D eigenvalue weighted by Gasteiger charge is 2.09. The van der Waals surface area contributed by atoms with Gasteiger partial charge < -0.3 is 9.84 Å². The van der Waals surface area contributed by atoms with Gasteiger partial charge in [-0.05, 0) is 30.7 Å². The quantitative estimate of drug-likeness (QED) is 0.482. The number of allylic oxidation sites excluding steroid dienone is 1. The van der Waals surface area contributed by atoms with E-state index in [0.29, 0.717) is 23.5 Å². The second-order valence-electron chi connectivity index (χ2n) is 4.93. The summed E-state index contributed by atoms with van der Waals surface area (Å²) in [6, 6.07) is 13.5. The van der Waals surface area contributed by atoms with E-state index in [4.69, 9.17) is 4.74 Å². The summed E-state index contributed by atoms with van der Waals surface area (Å²) in [7, 11) is 0. The standard InChI is InChI=1S/C19H18O4/c1-2-23-19-12-14(9-11-17(19)21)8-10-16(20)13-18(22)15-6-4-3-5-7-15/h3-12,21H,2,13H2,1H3/b10-8+. The average molecular weight is 310 g/mol. The molecule has 0 heterocycles. The average Bonchev–Trinajstić information content (AvgIpc) is 2.56. The van der Waals surface area contributed by atoms with Crippen molar-refractivity contribution in [2.24, 2.45) is 0 Å². The van der Waals surface area contributed by atoms with Crippen LogP contribution in [0.5, 0.6) is 11.5 Å². The Bertz CT molecular complexity index is 717. The van der Waals surface area contributed by atoms with E-state index < -0.39 is 0 Å². The molecule has 2 rings (SSSR count). The molecule has 118 valence electrons. The van der Waals surface area contributed by atoms with E-state index in [1.54, 1.807) is 42.5 Å². The lowest BCUT2D eigenvalue weighted by Crippen LogP contribution is -2.05. The van der Waals surface area contributed by atoms with Gasteiger partial charge in [-0.3, -0.25) is 9.59 Å². The van der Waals surface area contributed by atoms with Crippen LogP contribution in [0, 0.1) is 0 Å². The number of ketones is 2. The maximum atomic E-state index is 11.9. The molecular formula is C19H18O4. The largest absolute Gasteiger partial charge is 0.504 e. The number of hydrogen-bond acceptors (Lipinski definition) is 4. The van der Waals surface area contributed by atoms with Crippen molar-refractivity contribution >= 4 is 17.6 Å². The molecule has 2 aromatic rings. The van der Waals surface area contributed by atoms with Gasteiger partial charge in [0.2, 0.25) is 0 Å². The Kier molecular flexibility index (Phi) is 5.69. The lowest BCUT2D eigenvalue weighted by atomic mass is 10.1. The normalized spacial score (nSPS) is 10.7. The highest BCUT2D eigenvalue weighted by Crippen LogP contribution is 2.27. The van der Waals surface area contributed by atoms with Crippen LogP contribution in [0.15, 0.2) is 54.6 Å². The number of phenols is 1. The van der Waals surface area contributed by atoms with Crippen LogP contribution >= 0.6 is 0 Å². The van der Waals surface area contributed by atoms with Crippen LogP contribution in [0.4, 0.5) is 0 Å². The van der Waals surface area contributed by atoms with Crippen LogP contribution in [-0.4, -0.2) is 23.3 Å². The maximum absolute atomic E-state index is 11.9. The van der Waals surface area contributed by atoms with Crippen LogP contribution in [0.2, 0.25) is 0 Å². The molecule has 0 aromatic heterocycles. The highest BCUT2D eigenvalue weighted by molar-refractivity contribution is 6.12. The highest BCUT2D eigenvalue weighted by atomic mass is 16.5. The monoisotopic (exact) mass is 310 g/mol. The van der Waals surface area contributed by atoms with E-state index in [1.807, 2.05) is 13.0 Å². The molecule has 0 bridgehead atoms. The van der Waals surface area contributed by atoms with Gasteiger partial charge in [0.05, 0.1) is 13.0 Å².